The molecule has 4 aromatic rings. The van der Waals surface area contributed by atoms with Crippen molar-refractivity contribution in [1.82, 2.24) is 10.1 Å². The van der Waals surface area contributed by atoms with Crippen LogP contribution in [0.3, 0.4) is 0 Å². The Bertz CT molecular complexity index is 1160. The number of carbonyl (C=O) groups is 1. The largest absolute Gasteiger partial charge is 0.488 e. The number of amides is 1. The van der Waals surface area contributed by atoms with E-state index in [0.29, 0.717) is 24.5 Å². The van der Waals surface area contributed by atoms with Crippen LogP contribution in [0.4, 0.5) is 0 Å². The van der Waals surface area contributed by atoms with Crippen LogP contribution in [-0.2, 0) is 13.2 Å². The molecular formula is C25H24N2O3. The van der Waals surface area contributed by atoms with Gasteiger partial charge >= 0.3 is 0 Å². The first-order chi connectivity index (χ1) is 14.5. The predicted molar refractivity (Wildman–Crippen MR) is 116 cm³/mol. The lowest BCUT2D eigenvalue weighted by Gasteiger charge is -2.20. The summed E-state index contributed by atoms with van der Waals surface area (Å²) in [6.07, 6.45) is 0. The number of hydrogen-bond acceptors (Lipinski definition) is 4. The second-order valence-electron chi connectivity index (χ2n) is 7.43. The second kappa shape index (κ2) is 8.41. The SMILES string of the molecule is Cc1noc(C)c1COc1cc2ccccc2cc1C(=O)N(C)Cc1ccccc1. The number of hydrogen-bond donors (Lipinski definition) is 0. The molecule has 0 atom stereocenters. The number of rotatable bonds is 6. The summed E-state index contributed by atoms with van der Waals surface area (Å²) in [5, 5.41) is 6.00. The molecule has 0 aliphatic carbocycles. The predicted octanol–water partition coefficient (Wildman–Crippen LogP) is 5.30. The summed E-state index contributed by atoms with van der Waals surface area (Å²) in [5.74, 6) is 1.19. The lowest BCUT2D eigenvalue weighted by atomic mass is 10.0. The summed E-state index contributed by atoms with van der Waals surface area (Å²) in [6, 6.07) is 21.7. The molecule has 0 saturated carbocycles. The van der Waals surface area contributed by atoms with E-state index in [4.69, 9.17) is 9.26 Å². The monoisotopic (exact) mass is 400 g/mol. The van der Waals surface area contributed by atoms with Crippen LogP contribution in [0.2, 0.25) is 0 Å². The van der Waals surface area contributed by atoms with Crippen LogP contribution < -0.4 is 4.74 Å². The van der Waals surface area contributed by atoms with Crippen LogP contribution >= 0.6 is 0 Å². The molecule has 0 radical (unpaired) electrons. The standard InChI is InChI=1S/C25H24N2O3/c1-17-23(18(2)30-26-17)16-29-24-14-21-12-8-7-11-20(21)13-22(24)25(28)27(3)15-19-9-5-4-6-10-19/h4-14H,15-16H2,1-3H3. The molecule has 4 rings (SSSR count). The maximum absolute atomic E-state index is 13.3. The third-order valence-corrected chi connectivity index (χ3v) is 5.24. The number of ether oxygens (including phenoxy) is 1. The molecule has 0 unspecified atom stereocenters. The lowest BCUT2D eigenvalue weighted by molar-refractivity contribution is 0.0780. The number of aryl methyl sites for hydroxylation is 2. The van der Waals surface area contributed by atoms with E-state index >= 15 is 0 Å². The molecule has 0 spiro atoms. The molecule has 0 fully saturated rings. The van der Waals surface area contributed by atoms with Gasteiger partial charge in [0.2, 0.25) is 0 Å². The molecule has 0 saturated heterocycles. The van der Waals surface area contributed by atoms with Gasteiger partial charge < -0.3 is 14.2 Å². The minimum Gasteiger partial charge on any atom is -0.488 e. The topological polar surface area (TPSA) is 55.6 Å². The van der Waals surface area contributed by atoms with Crippen molar-refractivity contribution in [2.45, 2.75) is 27.0 Å². The summed E-state index contributed by atoms with van der Waals surface area (Å²) < 4.78 is 11.4. The van der Waals surface area contributed by atoms with E-state index in [1.165, 1.54) is 0 Å². The molecule has 1 amide bonds. The van der Waals surface area contributed by atoms with Gasteiger partial charge in [-0.25, -0.2) is 0 Å². The maximum Gasteiger partial charge on any atom is 0.257 e. The van der Waals surface area contributed by atoms with Gasteiger partial charge in [-0.05, 0) is 42.3 Å². The second-order valence-corrected chi connectivity index (χ2v) is 7.43. The van der Waals surface area contributed by atoms with Crippen molar-refractivity contribution in [3.05, 3.63) is 94.9 Å². The zero-order valence-electron chi connectivity index (χ0n) is 17.4. The molecule has 152 valence electrons. The minimum atomic E-state index is -0.0848. The van der Waals surface area contributed by atoms with Gasteiger partial charge in [-0.2, -0.15) is 0 Å². The fraction of sp³-hybridized carbons (Fsp3) is 0.200. The first-order valence-electron chi connectivity index (χ1n) is 9.89. The van der Waals surface area contributed by atoms with Gasteiger partial charge in [-0.1, -0.05) is 59.8 Å². The van der Waals surface area contributed by atoms with Gasteiger partial charge in [0, 0.05) is 13.6 Å². The summed E-state index contributed by atoms with van der Waals surface area (Å²) in [4.78, 5) is 15.0. The van der Waals surface area contributed by atoms with E-state index in [2.05, 4.69) is 5.16 Å². The summed E-state index contributed by atoms with van der Waals surface area (Å²) in [7, 11) is 1.81. The Morgan fingerprint density at radius 2 is 1.67 bits per heavy atom. The Morgan fingerprint density at radius 1 is 1.00 bits per heavy atom. The molecule has 0 bridgehead atoms. The van der Waals surface area contributed by atoms with Crippen molar-refractivity contribution in [3.8, 4) is 5.75 Å². The van der Waals surface area contributed by atoms with Gasteiger partial charge in [0.25, 0.3) is 5.91 Å². The molecule has 3 aromatic carbocycles. The lowest BCUT2D eigenvalue weighted by Crippen LogP contribution is -2.26. The van der Waals surface area contributed by atoms with Gasteiger partial charge in [0.15, 0.2) is 0 Å². The van der Waals surface area contributed by atoms with Crippen LogP contribution in [0.5, 0.6) is 5.75 Å². The highest BCUT2D eigenvalue weighted by molar-refractivity contribution is 6.01. The molecule has 1 aromatic heterocycles. The van der Waals surface area contributed by atoms with E-state index in [-0.39, 0.29) is 5.91 Å². The van der Waals surface area contributed by atoms with E-state index in [0.717, 1.165) is 33.4 Å². The van der Waals surface area contributed by atoms with Crippen LogP contribution in [0, 0.1) is 13.8 Å². The van der Waals surface area contributed by atoms with Crippen molar-refractivity contribution in [3.63, 3.8) is 0 Å². The van der Waals surface area contributed by atoms with Gasteiger partial charge in [-0.15, -0.1) is 0 Å². The number of aromatic nitrogens is 1. The van der Waals surface area contributed by atoms with Crippen molar-refractivity contribution in [1.29, 1.82) is 0 Å². The molecule has 5 nitrogen and oxygen atoms in total. The molecule has 5 heteroatoms. The third kappa shape index (κ3) is 4.06. The summed E-state index contributed by atoms with van der Waals surface area (Å²) in [6.45, 7) is 4.56. The smallest absolute Gasteiger partial charge is 0.257 e. The van der Waals surface area contributed by atoms with Crippen molar-refractivity contribution in [2.75, 3.05) is 7.05 Å². The highest BCUT2D eigenvalue weighted by Gasteiger charge is 2.19. The van der Waals surface area contributed by atoms with Gasteiger partial charge in [0.05, 0.1) is 16.8 Å². The Morgan fingerprint density at radius 3 is 2.33 bits per heavy atom. The number of carbonyl (C=O) groups excluding carboxylic acids is 1. The van der Waals surface area contributed by atoms with Crippen LogP contribution in [0.25, 0.3) is 10.8 Å². The Balaban J connectivity index is 1.66. The third-order valence-electron chi connectivity index (χ3n) is 5.24. The number of nitrogens with zero attached hydrogens (tertiary/aromatic N) is 2. The molecule has 1 heterocycles. The molecular weight excluding hydrogens is 376 g/mol. The average Bonchev–Trinajstić information content (AvgIpc) is 3.09. The van der Waals surface area contributed by atoms with Crippen LogP contribution in [0.15, 0.2) is 71.3 Å². The average molecular weight is 400 g/mol. The quantitative estimate of drug-likeness (QED) is 0.441. The van der Waals surface area contributed by atoms with E-state index in [1.54, 1.807) is 4.90 Å². The summed E-state index contributed by atoms with van der Waals surface area (Å²) >= 11 is 0. The maximum atomic E-state index is 13.3. The van der Waals surface area contributed by atoms with Crippen LogP contribution in [-0.4, -0.2) is 23.0 Å². The highest BCUT2D eigenvalue weighted by atomic mass is 16.5. The van der Waals surface area contributed by atoms with Crippen molar-refractivity contribution < 1.29 is 14.1 Å². The van der Waals surface area contributed by atoms with Crippen molar-refractivity contribution >= 4 is 16.7 Å². The molecule has 0 aliphatic rings. The fourth-order valence-corrected chi connectivity index (χ4v) is 3.50. The zero-order chi connectivity index (χ0) is 21.1. The Kier molecular flexibility index (Phi) is 5.53. The van der Waals surface area contributed by atoms with E-state index in [1.807, 2.05) is 87.6 Å². The van der Waals surface area contributed by atoms with Crippen molar-refractivity contribution in [2.24, 2.45) is 0 Å². The number of benzene rings is 3. The van der Waals surface area contributed by atoms with E-state index in [9.17, 15) is 4.79 Å². The molecule has 30 heavy (non-hydrogen) atoms. The normalized spacial score (nSPS) is 10.9. The Labute approximate surface area is 175 Å². The highest BCUT2D eigenvalue weighted by Crippen LogP contribution is 2.29. The first kappa shape index (κ1) is 19.7. The summed E-state index contributed by atoms with van der Waals surface area (Å²) in [5.41, 5.74) is 3.31. The number of fused-ring (bicyclic) bond motifs is 1. The Hall–Kier alpha value is -3.60. The van der Waals surface area contributed by atoms with Gasteiger partial charge in [-0.3, -0.25) is 4.79 Å². The molecule has 0 aliphatic heterocycles. The first-order valence-corrected chi connectivity index (χ1v) is 9.89. The zero-order valence-corrected chi connectivity index (χ0v) is 17.4. The van der Waals surface area contributed by atoms with E-state index < -0.39 is 0 Å². The van der Waals surface area contributed by atoms with Crippen LogP contribution in [0.1, 0.15) is 32.9 Å². The van der Waals surface area contributed by atoms with Gasteiger partial charge in [0.1, 0.15) is 18.1 Å². The molecule has 0 N–H and O–H groups in total. The fourth-order valence-electron chi connectivity index (χ4n) is 3.50. The minimum absolute atomic E-state index is 0.0848.